The van der Waals surface area contributed by atoms with Crippen LogP contribution in [0, 0.1) is 25.5 Å². The highest BCUT2D eigenvalue weighted by atomic mass is 35.5. The van der Waals surface area contributed by atoms with Gasteiger partial charge in [-0.25, -0.2) is 13.8 Å². The van der Waals surface area contributed by atoms with E-state index in [1.807, 2.05) is 38.1 Å². The molecule has 1 saturated carbocycles. The highest BCUT2D eigenvalue weighted by molar-refractivity contribution is 6.30. The molecule has 9 heteroatoms. The van der Waals surface area contributed by atoms with Crippen LogP contribution in [0.4, 0.5) is 26.2 Å². The largest absolute Gasteiger partial charge is 0.369 e. The fraction of sp³-hybridized carbons (Fsp3) is 0.261. The van der Waals surface area contributed by atoms with Crippen molar-refractivity contribution >= 4 is 34.8 Å². The average molecular weight is 455 g/mol. The third kappa shape index (κ3) is 3.86. The Morgan fingerprint density at radius 2 is 1.84 bits per heavy atom. The van der Waals surface area contributed by atoms with Gasteiger partial charge < -0.3 is 10.6 Å². The van der Waals surface area contributed by atoms with Gasteiger partial charge in [0.1, 0.15) is 5.82 Å². The first-order valence-electron chi connectivity index (χ1n) is 10.3. The third-order valence-electron chi connectivity index (χ3n) is 5.88. The Kier molecular flexibility index (Phi) is 4.97. The molecule has 0 unspecified atom stereocenters. The molecule has 5 rings (SSSR count). The number of fused-ring (bicyclic) bond motifs is 1. The smallest absolute Gasteiger partial charge is 0.256 e. The molecule has 2 heterocycles. The van der Waals surface area contributed by atoms with Crippen molar-refractivity contribution in [3.63, 3.8) is 0 Å². The van der Waals surface area contributed by atoms with Gasteiger partial charge in [-0.2, -0.15) is 9.50 Å². The number of nitrogens with one attached hydrogen (secondary N) is 2. The molecule has 0 radical (unpaired) electrons. The molecule has 0 atom stereocenters. The van der Waals surface area contributed by atoms with E-state index in [9.17, 15) is 8.78 Å². The molecule has 0 spiro atoms. The van der Waals surface area contributed by atoms with Crippen molar-refractivity contribution in [1.82, 2.24) is 19.6 Å². The van der Waals surface area contributed by atoms with E-state index in [2.05, 4.69) is 25.7 Å². The molecular weight excluding hydrogens is 434 g/mol. The zero-order valence-corrected chi connectivity index (χ0v) is 18.3. The Labute approximate surface area is 188 Å². The van der Waals surface area contributed by atoms with E-state index in [1.54, 1.807) is 10.6 Å². The van der Waals surface area contributed by atoms with Crippen molar-refractivity contribution in [3.8, 4) is 0 Å². The fourth-order valence-corrected chi connectivity index (χ4v) is 3.99. The molecule has 32 heavy (non-hydrogen) atoms. The molecule has 2 aromatic heterocycles. The van der Waals surface area contributed by atoms with Crippen molar-refractivity contribution in [2.24, 2.45) is 0 Å². The summed E-state index contributed by atoms with van der Waals surface area (Å²) in [5.41, 5.74) is 3.18. The van der Waals surface area contributed by atoms with Gasteiger partial charge in [-0.1, -0.05) is 23.7 Å². The van der Waals surface area contributed by atoms with Crippen LogP contribution in [-0.4, -0.2) is 26.1 Å². The molecule has 0 aliphatic heterocycles. The van der Waals surface area contributed by atoms with Crippen LogP contribution in [-0.2, 0) is 5.41 Å². The average Bonchev–Trinajstić information content (AvgIpc) is 3.44. The summed E-state index contributed by atoms with van der Waals surface area (Å²) >= 11 is 6.11. The molecular formula is C23H21ClF2N6. The van der Waals surface area contributed by atoms with Gasteiger partial charge in [0, 0.05) is 34.4 Å². The van der Waals surface area contributed by atoms with Crippen molar-refractivity contribution in [1.29, 1.82) is 0 Å². The number of hydrogen-bond acceptors (Lipinski definition) is 5. The van der Waals surface area contributed by atoms with Crippen LogP contribution < -0.4 is 10.6 Å². The first kappa shape index (κ1) is 20.6. The number of aryl methyl sites for hydroxylation is 2. The highest BCUT2D eigenvalue weighted by Crippen LogP contribution is 2.48. The Hall–Kier alpha value is -3.26. The monoisotopic (exact) mass is 454 g/mol. The summed E-state index contributed by atoms with van der Waals surface area (Å²) in [6.45, 7) is 4.42. The zero-order valence-electron chi connectivity index (χ0n) is 17.6. The first-order valence-corrected chi connectivity index (χ1v) is 10.7. The van der Waals surface area contributed by atoms with Gasteiger partial charge in [0.2, 0.25) is 5.95 Å². The number of rotatable bonds is 6. The summed E-state index contributed by atoms with van der Waals surface area (Å²) in [6, 6.07) is 11.6. The number of nitrogens with zero attached hydrogens (tertiary/aromatic N) is 4. The maximum atomic E-state index is 13.8. The van der Waals surface area contributed by atoms with Gasteiger partial charge in [0.15, 0.2) is 11.6 Å². The van der Waals surface area contributed by atoms with Crippen LogP contribution in [0.1, 0.15) is 29.7 Å². The van der Waals surface area contributed by atoms with Crippen molar-refractivity contribution in [3.05, 3.63) is 75.9 Å². The molecule has 164 valence electrons. The second-order valence-electron chi connectivity index (χ2n) is 8.28. The lowest BCUT2D eigenvalue weighted by atomic mass is 9.95. The first-order chi connectivity index (χ1) is 15.3. The molecule has 2 aromatic carbocycles. The quantitative estimate of drug-likeness (QED) is 0.399. The summed E-state index contributed by atoms with van der Waals surface area (Å²) in [7, 11) is 0. The predicted octanol–water partition coefficient (Wildman–Crippen LogP) is 5.56. The fourth-order valence-electron chi connectivity index (χ4n) is 3.82. The Morgan fingerprint density at radius 3 is 2.59 bits per heavy atom. The molecule has 4 aromatic rings. The second-order valence-corrected chi connectivity index (χ2v) is 8.71. The standard InChI is InChI=1S/C23H21ClF2N6/c1-13-3-5-16(24)11-19(13)29-21-30-22-28-14(2)9-20(32(22)31-21)27-12-23(7-8-23)15-4-6-17(25)18(26)10-15/h3-6,9-11,27H,7-8,12H2,1-2H3,(H,29,31). The maximum Gasteiger partial charge on any atom is 0.256 e. The SMILES string of the molecule is Cc1cc(NCC2(c3ccc(F)c(F)c3)CC2)n2nc(Nc3cc(Cl)ccc3C)nc2n1. The highest BCUT2D eigenvalue weighted by Gasteiger charge is 2.44. The molecule has 1 fully saturated rings. The van der Waals surface area contributed by atoms with E-state index in [0.717, 1.165) is 41.2 Å². The van der Waals surface area contributed by atoms with Crippen LogP contribution in [0.2, 0.25) is 5.02 Å². The minimum absolute atomic E-state index is 0.225. The summed E-state index contributed by atoms with van der Waals surface area (Å²) in [5.74, 6) is -0.0730. The van der Waals surface area contributed by atoms with Crippen molar-refractivity contribution in [2.75, 3.05) is 17.2 Å². The van der Waals surface area contributed by atoms with Crippen LogP contribution >= 0.6 is 11.6 Å². The van der Waals surface area contributed by atoms with E-state index < -0.39 is 11.6 Å². The van der Waals surface area contributed by atoms with Crippen LogP contribution in [0.15, 0.2) is 42.5 Å². The second kappa shape index (κ2) is 7.70. The minimum atomic E-state index is -0.832. The Morgan fingerprint density at radius 1 is 1.03 bits per heavy atom. The lowest BCUT2D eigenvalue weighted by Crippen LogP contribution is -2.21. The van der Waals surface area contributed by atoms with Gasteiger partial charge in [-0.3, -0.25) is 0 Å². The summed E-state index contributed by atoms with van der Waals surface area (Å²) in [4.78, 5) is 8.97. The lowest BCUT2D eigenvalue weighted by Gasteiger charge is -2.18. The maximum absolute atomic E-state index is 13.8. The van der Waals surface area contributed by atoms with Crippen LogP contribution in [0.25, 0.3) is 5.78 Å². The van der Waals surface area contributed by atoms with Gasteiger partial charge >= 0.3 is 0 Å². The van der Waals surface area contributed by atoms with E-state index >= 15 is 0 Å². The topological polar surface area (TPSA) is 67.1 Å². The van der Waals surface area contributed by atoms with E-state index in [4.69, 9.17) is 11.6 Å². The third-order valence-corrected chi connectivity index (χ3v) is 6.11. The van der Waals surface area contributed by atoms with Gasteiger partial charge in [-0.15, -0.1) is 5.10 Å². The van der Waals surface area contributed by atoms with Gasteiger partial charge in [0.25, 0.3) is 5.78 Å². The molecule has 1 aliphatic carbocycles. The molecule has 2 N–H and O–H groups in total. The molecule has 0 bridgehead atoms. The zero-order chi connectivity index (χ0) is 22.5. The molecule has 6 nitrogen and oxygen atoms in total. The lowest BCUT2D eigenvalue weighted by molar-refractivity contribution is 0.504. The number of anilines is 3. The Balaban J connectivity index is 1.41. The number of hydrogen-bond donors (Lipinski definition) is 2. The van der Waals surface area contributed by atoms with E-state index in [1.165, 1.54) is 12.1 Å². The predicted molar refractivity (Wildman–Crippen MR) is 121 cm³/mol. The van der Waals surface area contributed by atoms with E-state index in [0.29, 0.717) is 23.3 Å². The van der Waals surface area contributed by atoms with Gasteiger partial charge in [0.05, 0.1) is 0 Å². The number of benzene rings is 2. The van der Waals surface area contributed by atoms with Crippen LogP contribution in [0.5, 0.6) is 0 Å². The van der Waals surface area contributed by atoms with Crippen molar-refractivity contribution in [2.45, 2.75) is 32.1 Å². The van der Waals surface area contributed by atoms with Crippen molar-refractivity contribution < 1.29 is 8.78 Å². The Bertz CT molecular complexity index is 1330. The molecule has 0 amide bonds. The summed E-state index contributed by atoms with van der Waals surface area (Å²) < 4.78 is 28.7. The molecule has 0 saturated heterocycles. The molecule has 1 aliphatic rings. The number of halogens is 3. The van der Waals surface area contributed by atoms with Crippen LogP contribution in [0.3, 0.4) is 0 Å². The minimum Gasteiger partial charge on any atom is -0.369 e. The number of aromatic nitrogens is 4. The van der Waals surface area contributed by atoms with E-state index in [-0.39, 0.29) is 5.41 Å². The summed E-state index contributed by atoms with van der Waals surface area (Å²) in [5, 5.41) is 11.8. The summed E-state index contributed by atoms with van der Waals surface area (Å²) in [6.07, 6.45) is 1.80. The van der Waals surface area contributed by atoms with Gasteiger partial charge in [-0.05, 0) is 62.1 Å². The normalized spacial score (nSPS) is 14.5.